The molecule has 0 saturated carbocycles. The summed E-state index contributed by atoms with van der Waals surface area (Å²) in [6.45, 7) is 0.420. The average molecular weight is 260 g/mol. The number of alkyl halides is 1. The first kappa shape index (κ1) is 14.3. The van der Waals surface area contributed by atoms with Crippen LogP contribution in [0.3, 0.4) is 0 Å². The van der Waals surface area contributed by atoms with Crippen molar-refractivity contribution >= 4 is 18.9 Å². The number of ether oxygens (including phenoxy) is 2. The highest BCUT2D eigenvalue weighted by molar-refractivity contribution is 6.34. The lowest BCUT2D eigenvalue weighted by Gasteiger charge is -2.11. The minimum atomic E-state index is -1.89. The monoisotopic (exact) mass is 260 g/mol. The van der Waals surface area contributed by atoms with E-state index in [2.05, 4.69) is 4.65 Å². The molecule has 0 radical (unpaired) electrons. The molecule has 1 aromatic rings. The number of hydrogen-bond donors (Lipinski definition) is 2. The number of methoxy groups -OCH3 is 1. The summed E-state index contributed by atoms with van der Waals surface area (Å²) in [6.07, 6.45) is 0. The first-order valence-corrected chi connectivity index (χ1v) is 5.42. The Labute approximate surface area is 105 Å². The van der Waals surface area contributed by atoms with Crippen molar-refractivity contribution in [3.8, 4) is 5.75 Å². The summed E-state index contributed by atoms with van der Waals surface area (Å²) in [5.74, 6) is 0.774. The van der Waals surface area contributed by atoms with Crippen LogP contribution < -0.4 is 4.74 Å². The molecule has 0 aromatic heterocycles. The van der Waals surface area contributed by atoms with Gasteiger partial charge in [-0.3, -0.25) is 0 Å². The largest absolute Gasteiger partial charge is 0.635 e. The van der Waals surface area contributed by atoms with Crippen LogP contribution >= 0.6 is 11.6 Å². The van der Waals surface area contributed by atoms with E-state index >= 15 is 0 Å². The van der Waals surface area contributed by atoms with Gasteiger partial charge in [-0.25, -0.2) is 0 Å². The summed E-state index contributed by atoms with van der Waals surface area (Å²) in [6, 6.07) is 7.38. The molecule has 5 nitrogen and oxygen atoms in total. The van der Waals surface area contributed by atoms with E-state index in [0.717, 1.165) is 11.3 Å². The fourth-order valence-electron chi connectivity index (χ4n) is 1.16. The molecule has 0 fully saturated rings. The highest BCUT2D eigenvalue weighted by atomic mass is 35.5. The molecule has 0 aliphatic heterocycles. The van der Waals surface area contributed by atoms with E-state index in [1.165, 1.54) is 0 Å². The first-order valence-electron chi connectivity index (χ1n) is 4.98. The number of benzene rings is 1. The van der Waals surface area contributed by atoms with Crippen LogP contribution in [-0.4, -0.2) is 36.6 Å². The van der Waals surface area contributed by atoms with Gasteiger partial charge in [0.15, 0.2) is 0 Å². The zero-order valence-corrected chi connectivity index (χ0v) is 10.1. The van der Waals surface area contributed by atoms with E-state index in [4.69, 9.17) is 31.1 Å². The average Bonchev–Trinajstić information content (AvgIpc) is 2.29. The minimum Gasteiger partial charge on any atom is -0.497 e. The smallest absolute Gasteiger partial charge is 0.497 e. The topological polar surface area (TPSA) is 68.2 Å². The Morgan fingerprint density at radius 3 is 2.47 bits per heavy atom. The maximum absolute atomic E-state index is 8.48. The maximum atomic E-state index is 8.48. The first-order chi connectivity index (χ1) is 8.11. The van der Waals surface area contributed by atoms with Crippen LogP contribution in [-0.2, 0) is 16.0 Å². The van der Waals surface area contributed by atoms with Crippen molar-refractivity contribution in [2.75, 3.05) is 13.7 Å². The van der Waals surface area contributed by atoms with Gasteiger partial charge in [0.25, 0.3) is 0 Å². The SMILES string of the molecule is COc1ccc(COCC(Cl)OB(O)O)cc1. The third kappa shape index (κ3) is 5.90. The van der Waals surface area contributed by atoms with Gasteiger partial charge in [-0.05, 0) is 17.7 Å². The Kier molecular flexibility index (Phi) is 6.32. The van der Waals surface area contributed by atoms with Crippen molar-refractivity contribution < 1.29 is 24.2 Å². The highest BCUT2D eigenvalue weighted by Gasteiger charge is 2.15. The fourth-order valence-corrected chi connectivity index (χ4v) is 1.34. The standard InChI is InChI=1S/C10H14BClO5/c1-15-9-4-2-8(3-5-9)6-16-7-10(12)17-11(13)14/h2-5,10,13-14H,6-7H2,1H3. The molecule has 1 aromatic carbocycles. The van der Waals surface area contributed by atoms with E-state index in [1.54, 1.807) is 7.11 Å². The second kappa shape index (κ2) is 7.52. The van der Waals surface area contributed by atoms with Gasteiger partial charge in [-0.15, -0.1) is 0 Å². The third-order valence-electron chi connectivity index (χ3n) is 1.95. The lowest BCUT2D eigenvalue weighted by Crippen LogP contribution is -2.25. The van der Waals surface area contributed by atoms with Crippen LogP contribution in [0.15, 0.2) is 24.3 Å². The van der Waals surface area contributed by atoms with Crippen LogP contribution in [0.5, 0.6) is 5.75 Å². The molecule has 0 saturated heterocycles. The van der Waals surface area contributed by atoms with Gasteiger partial charge in [0.1, 0.15) is 11.3 Å². The van der Waals surface area contributed by atoms with E-state index < -0.39 is 12.9 Å². The van der Waals surface area contributed by atoms with E-state index in [-0.39, 0.29) is 6.61 Å². The molecule has 1 rings (SSSR count). The van der Waals surface area contributed by atoms with Gasteiger partial charge in [0.2, 0.25) is 0 Å². The number of rotatable bonds is 7. The van der Waals surface area contributed by atoms with Crippen molar-refractivity contribution in [3.05, 3.63) is 29.8 Å². The van der Waals surface area contributed by atoms with Crippen LogP contribution in [0.2, 0.25) is 0 Å². The Balaban J connectivity index is 2.25. The Hall–Kier alpha value is -0.785. The molecule has 17 heavy (non-hydrogen) atoms. The molecule has 2 N–H and O–H groups in total. The zero-order chi connectivity index (χ0) is 12.7. The van der Waals surface area contributed by atoms with Gasteiger partial charge in [-0.1, -0.05) is 23.7 Å². The molecule has 0 amide bonds. The van der Waals surface area contributed by atoms with E-state index in [9.17, 15) is 0 Å². The van der Waals surface area contributed by atoms with Gasteiger partial charge >= 0.3 is 7.32 Å². The molecule has 0 aliphatic carbocycles. The molecule has 94 valence electrons. The summed E-state index contributed by atoms with van der Waals surface area (Å²) < 4.78 is 14.7. The van der Waals surface area contributed by atoms with E-state index in [0.29, 0.717) is 6.61 Å². The van der Waals surface area contributed by atoms with Crippen molar-refractivity contribution in [3.63, 3.8) is 0 Å². The van der Waals surface area contributed by atoms with Crippen molar-refractivity contribution in [1.82, 2.24) is 0 Å². The summed E-state index contributed by atoms with van der Waals surface area (Å²) in [4.78, 5) is 0. The summed E-state index contributed by atoms with van der Waals surface area (Å²) >= 11 is 5.60. The van der Waals surface area contributed by atoms with Crippen LogP contribution in [0.25, 0.3) is 0 Å². The quantitative estimate of drug-likeness (QED) is 0.560. The Morgan fingerprint density at radius 2 is 1.94 bits per heavy atom. The predicted octanol–water partition coefficient (Wildman–Crippen LogP) is 0.763. The summed E-state index contributed by atoms with van der Waals surface area (Å²) in [5, 5.41) is 17.0. The van der Waals surface area contributed by atoms with Gasteiger partial charge in [-0.2, -0.15) is 0 Å². The van der Waals surface area contributed by atoms with E-state index in [1.807, 2.05) is 24.3 Å². The van der Waals surface area contributed by atoms with Gasteiger partial charge < -0.3 is 24.2 Å². The van der Waals surface area contributed by atoms with Crippen molar-refractivity contribution in [1.29, 1.82) is 0 Å². The third-order valence-corrected chi connectivity index (χ3v) is 2.17. The van der Waals surface area contributed by atoms with Crippen LogP contribution in [0, 0.1) is 0 Å². The lowest BCUT2D eigenvalue weighted by molar-refractivity contribution is 0.0528. The summed E-state index contributed by atoms with van der Waals surface area (Å²) in [7, 11) is -0.289. The van der Waals surface area contributed by atoms with Gasteiger partial charge in [0.05, 0.1) is 20.3 Å². The fraction of sp³-hybridized carbons (Fsp3) is 0.400. The molecular weight excluding hydrogens is 246 g/mol. The zero-order valence-electron chi connectivity index (χ0n) is 9.38. The number of halogens is 1. The summed E-state index contributed by atoms with van der Waals surface area (Å²) in [5.41, 5.74) is 0.0625. The normalized spacial score (nSPS) is 12.2. The van der Waals surface area contributed by atoms with Crippen molar-refractivity contribution in [2.45, 2.75) is 12.2 Å². The highest BCUT2D eigenvalue weighted by Crippen LogP contribution is 2.12. The molecule has 1 atom stereocenters. The van der Waals surface area contributed by atoms with Gasteiger partial charge in [0, 0.05) is 0 Å². The lowest BCUT2D eigenvalue weighted by atomic mass is 10.2. The number of hydrogen-bond acceptors (Lipinski definition) is 5. The van der Waals surface area contributed by atoms with Crippen LogP contribution in [0.4, 0.5) is 0 Å². The molecule has 7 heteroatoms. The molecule has 0 aliphatic rings. The second-order valence-electron chi connectivity index (χ2n) is 3.24. The molecular formula is C10H14BClO5. The maximum Gasteiger partial charge on any atom is 0.635 e. The molecule has 0 spiro atoms. The molecule has 0 bridgehead atoms. The Bertz CT molecular complexity index is 319. The minimum absolute atomic E-state index is 0.0607. The molecule has 1 unspecified atom stereocenters. The molecule has 0 heterocycles. The Morgan fingerprint density at radius 1 is 1.29 bits per heavy atom. The predicted molar refractivity (Wildman–Crippen MR) is 63.6 cm³/mol. The van der Waals surface area contributed by atoms with Crippen molar-refractivity contribution in [2.24, 2.45) is 0 Å². The second-order valence-corrected chi connectivity index (χ2v) is 3.72. The van der Waals surface area contributed by atoms with Crippen LogP contribution in [0.1, 0.15) is 5.56 Å².